The second kappa shape index (κ2) is 7.18. The van der Waals surface area contributed by atoms with Gasteiger partial charge in [-0.05, 0) is 44.2 Å². The topological polar surface area (TPSA) is 64.2 Å². The summed E-state index contributed by atoms with van der Waals surface area (Å²) < 4.78 is 1.88. The molecule has 1 aliphatic rings. The highest BCUT2D eigenvalue weighted by Crippen LogP contribution is 2.23. The highest BCUT2D eigenvalue weighted by atomic mass is 16.2. The van der Waals surface area contributed by atoms with Gasteiger partial charge in [0.2, 0.25) is 0 Å². The minimum Gasteiger partial charge on any atom is -0.338 e. The SMILES string of the molecule is CCc1c(C(=O)N2CCC[C@@H]([C@H](C)N)C2)cnn1-c1ccccc1. The average molecular weight is 326 g/mol. The molecule has 0 aliphatic carbocycles. The number of amides is 1. The van der Waals surface area contributed by atoms with Crippen molar-refractivity contribution in [2.45, 2.75) is 39.2 Å². The fraction of sp³-hybridized carbons (Fsp3) is 0.474. The van der Waals surface area contributed by atoms with E-state index < -0.39 is 0 Å². The van der Waals surface area contributed by atoms with E-state index in [-0.39, 0.29) is 11.9 Å². The Morgan fingerprint density at radius 3 is 2.79 bits per heavy atom. The van der Waals surface area contributed by atoms with Crippen LogP contribution in [0.25, 0.3) is 5.69 Å². The molecule has 1 aromatic heterocycles. The molecular formula is C19H26N4O. The summed E-state index contributed by atoms with van der Waals surface area (Å²) in [6, 6.07) is 10.1. The third-order valence-electron chi connectivity index (χ3n) is 4.92. The largest absolute Gasteiger partial charge is 0.338 e. The number of piperidine rings is 1. The Balaban J connectivity index is 1.87. The number of nitrogens with two attached hydrogens (primary N) is 1. The number of rotatable bonds is 4. The van der Waals surface area contributed by atoms with Crippen molar-refractivity contribution in [2.75, 3.05) is 13.1 Å². The van der Waals surface area contributed by atoms with Gasteiger partial charge in [-0.1, -0.05) is 25.1 Å². The summed E-state index contributed by atoms with van der Waals surface area (Å²) in [5.41, 5.74) is 8.72. The van der Waals surface area contributed by atoms with Crippen LogP contribution in [-0.4, -0.2) is 39.7 Å². The molecule has 24 heavy (non-hydrogen) atoms. The van der Waals surface area contributed by atoms with Crippen molar-refractivity contribution >= 4 is 5.91 Å². The van der Waals surface area contributed by atoms with E-state index in [1.807, 2.05) is 46.8 Å². The van der Waals surface area contributed by atoms with Crippen LogP contribution in [0, 0.1) is 5.92 Å². The van der Waals surface area contributed by atoms with Gasteiger partial charge in [0.15, 0.2) is 0 Å². The predicted octanol–water partition coefficient (Wildman–Crippen LogP) is 2.63. The van der Waals surface area contributed by atoms with Gasteiger partial charge < -0.3 is 10.6 Å². The molecular weight excluding hydrogens is 300 g/mol. The maximum Gasteiger partial charge on any atom is 0.257 e. The number of carbonyl (C=O) groups is 1. The summed E-state index contributed by atoms with van der Waals surface area (Å²) in [4.78, 5) is 15.0. The zero-order chi connectivity index (χ0) is 17.1. The molecule has 1 saturated heterocycles. The number of nitrogens with zero attached hydrogens (tertiary/aromatic N) is 3. The van der Waals surface area contributed by atoms with Crippen LogP contribution in [0.2, 0.25) is 0 Å². The first-order valence-electron chi connectivity index (χ1n) is 8.79. The molecule has 5 nitrogen and oxygen atoms in total. The minimum absolute atomic E-state index is 0.0828. The smallest absolute Gasteiger partial charge is 0.257 e. The van der Waals surface area contributed by atoms with Crippen molar-refractivity contribution < 1.29 is 4.79 Å². The van der Waals surface area contributed by atoms with Crippen molar-refractivity contribution in [3.05, 3.63) is 47.8 Å². The van der Waals surface area contributed by atoms with Crippen LogP contribution in [0.15, 0.2) is 36.5 Å². The molecule has 1 aromatic carbocycles. The predicted molar refractivity (Wildman–Crippen MR) is 95.2 cm³/mol. The van der Waals surface area contributed by atoms with Gasteiger partial charge in [0.25, 0.3) is 5.91 Å². The molecule has 1 amide bonds. The second-order valence-electron chi connectivity index (χ2n) is 6.62. The lowest BCUT2D eigenvalue weighted by Crippen LogP contribution is -2.45. The van der Waals surface area contributed by atoms with E-state index in [9.17, 15) is 4.79 Å². The van der Waals surface area contributed by atoms with Gasteiger partial charge in [0, 0.05) is 19.1 Å². The average Bonchev–Trinajstić information content (AvgIpc) is 3.05. The number of carbonyl (C=O) groups excluding carboxylic acids is 1. The van der Waals surface area contributed by atoms with Crippen LogP contribution < -0.4 is 5.73 Å². The highest BCUT2D eigenvalue weighted by molar-refractivity contribution is 5.95. The number of hydrogen-bond acceptors (Lipinski definition) is 3. The summed E-state index contributed by atoms with van der Waals surface area (Å²) >= 11 is 0. The minimum atomic E-state index is 0.0828. The Kier molecular flexibility index (Phi) is 5.00. The molecule has 0 spiro atoms. The molecule has 1 aliphatic heterocycles. The zero-order valence-corrected chi connectivity index (χ0v) is 14.5. The molecule has 2 heterocycles. The molecule has 2 aromatic rings. The Labute approximate surface area is 143 Å². The lowest BCUT2D eigenvalue weighted by Gasteiger charge is -2.34. The first kappa shape index (κ1) is 16.7. The van der Waals surface area contributed by atoms with E-state index in [2.05, 4.69) is 12.0 Å². The number of benzene rings is 1. The van der Waals surface area contributed by atoms with Gasteiger partial charge in [0.05, 0.1) is 23.1 Å². The van der Waals surface area contributed by atoms with Crippen molar-refractivity contribution in [3.8, 4) is 5.69 Å². The first-order valence-corrected chi connectivity index (χ1v) is 8.79. The highest BCUT2D eigenvalue weighted by Gasteiger charge is 2.28. The number of hydrogen-bond donors (Lipinski definition) is 1. The standard InChI is InChI=1S/C19H26N4O/c1-3-18-17(12-21-23(18)16-9-5-4-6-10-16)19(24)22-11-7-8-15(13-22)14(2)20/h4-6,9-10,12,14-15H,3,7-8,11,13,20H2,1-2H3/t14-,15+/m0/s1. The van der Waals surface area contributed by atoms with E-state index in [0.717, 1.165) is 43.7 Å². The van der Waals surface area contributed by atoms with Gasteiger partial charge in [0.1, 0.15) is 0 Å². The normalized spacial score (nSPS) is 19.3. The maximum absolute atomic E-state index is 13.0. The molecule has 1 fully saturated rings. The summed E-state index contributed by atoms with van der Waals surface area (Å²) in [5, 5.41) is 4.47. The molecule has 0 saturated carbocycles. The summed E-state index contributed by atoms with van der Waals surface area (Å²) in [5.74, 6) is 0.469. The van der Waals surface area contributed by atoms with Gasteiger partial charge in [-0.25, -0.2) is 4.68 Å². The molecule has 5 heteroatoms. The number of para-hydroxylation sites is 1. The van der Waals surface area contributed by atoms with Gasteiger partial charge in [-0.2, -0.15) is 5.10 Å². The fourth-order valence-electron chi connectivity index (χ4n) is 3.48. The summed E-state index contributed by atoms with van der Waals surface area (Å²) in [6.45, 7) is 5.65. The Bertz CT molecular complexity index is 693. The van der Waals surface area contributed by atoms with E-state index >= 15 is 0 Å². The van der Waals surface area contributed by atoms with Crippen LogP contribution in [-0.2, 0) is 6.42 Å². The van der Waals surface area contributed by atoms with E-state index in [1.165, 1.54) is 0 Å². The fourth-order valence-corrected chi connectivity index (χ4v) is 3.48. The van der Waals surface area contributed by atoms with E-state index in [1.54, 1.807) is 6.20 Å². The zero-order valence-electron chi connectivity index (χ0n) is 14.5. The lowest BCUT2D eigenvalue weighted by molar-refractivity contribution is 0.0660. The van der Waals surface area contributed by atoms with Crippen molar-refractivity contribution in [1.29, 1.82) is 0 Å². The monoisotopic (exact) mass is 326 g/mol. The maximum atomic E-state index is 13.0. The molecule has 3 rings (SSSR count). The van der Waals surface area contributed by atoms with Gasteiger partial charge >= 0.3 is 0 Å². The summed E-state index contributed by atoms with van der Waals surface area (Å²) in [7, 11) is 0. The Morgan fingerprint density at radius 1 is 1.38 bits per heavy atom. The van der Waals surface area contributed by atoms with Crippen LogP contribution in [0.4, 0.5) is 0 Å². The van der Waals surface area contributed by atoms with E-state index in [4.69, 9.17) is 5.73 Å². The van der Waals surface area contributed by atoms with Crippen LogP contribution in [0.3, 0.4) is 0 Å². The van der Waals surface area contributed by atoms with E-state index in [0.29, 0.717) is 11.5 Å². The Hall–Kier alpha value is -2.14. The van der Waals surface area contributed by atoms with Gasteiger partial charge in [-0.3, -0.25) is 4.79 Å². The molecule has 128 valence electrons. The third kappa shape index (κ3) is 3.22. The molecule has 0 unspecified atom stereocenters. The van der Waals surface area contributed by atoms with Crippen molar-refractivity contribution in [2.24, 2.45) is 11.7 Å². The number of likely N-dealkylation sites (tertiary alicyclic amines) is 1. The van der Waals surface area contributed by atoms with Crippen molar-refractivity contribution in [1.82, 2.24) is 14.7 Å². The molecule has 0 bridgehead atoms. The Morgan fingerprint density at radius 2 is 2.12 bits per heavy atom. The summed E-state index contributed by atoms with van der Waals surface area (Å²) in [6.07, 6.45) is 4.60. The number of aromatic nitrogens is 2. The molecule has 2 N–H and O–H groups in total. The lowest BCUT2D eigenvalue weighted by atomic mass is 9.92. The van der Waals surface area contributed by atoms with Crippen LogP contribution in [0.1, 0.15) is 42.7 Å². The first-order chi connectivity index (χ1) is 11.6. The molecule has 2 atom stereocenters. The van der Waals surface area contributed by atoms with Crippen LogP contribution in [0.5, 0.6) is 0 Å². The van der Waals surface area contributed by atoms with Crippen molar-refractivity contribution in [3.63, 3.8) is 0 Å². The quantitative estimate of drug-likeness (QED) is 0.939. The third-order valence-corrected chi connectivity index (χ3v) is 4.92. The van der Waals surface area contributed by atoms with Crippen LogP contribution >= 0.6 is 0 Å². The second-order valence-corrected chi connectivity index (χ2v) is 6.62. The van der Waals surface area contributed by atoms with Gasteiger partial charge in [-0.15, -0.1) is 0 Å². The molecule has 0 radical (unpaired) electrons.